The molecule has 1 N–H and O–H groups in total. The van der Waals surface area contributed by atoms with Crippen molar-refractivity contribution in [3.8, 4) is 0 Å². The Morgan fingerprint density at radius 1 is 1.38 bits per heavy atom. The van der Waals surface area contributed by atoms with Crippen LogP contribution in [0.2, 0.25) is 0 Å². The van der Waals surface area contributed by atoms with E-state index in [1.54, 1.807) is 0 Å². The van der Waals surface area contributed by atoms with Gasteiger partial charge < -0.3 is 10.2 Å². The van der Waals surface area contributed by atoms with E-state index in [9.17, 15) is 9.59 Å². The molecule has 5 heteroatoms. The summed E-state index contributed by atoms with van der Waals surface area (Å²) < 4.78 is 0. The third kappa shape index (κ3) is 2.04. The number of urea groups is 1. The molecule has 0 bridgehead atoms. The molecule has 5 nitrogen and oxygen atoms in total. The second kappa shape index (κ2) is 4.05. The normalized spacial score (nSPS) is 24.9. The number of nitrogens with one attached hydrogen (secondary N) is 1. The zero-order valence-electron chi connectivity index (χ0n) is 9.82. The SMILES string of the molecule is CC(C)CN1CCC2(CC1)NC(=O)[N]C2=O. The average Bonchev–Trinajstić information content (AvgIpc) is 2.45. The van der Waals surface area contributed by atoms with Gasteiger partial charge in [0.1, 0.15) is 5.54 Å². The average molecular weight is 224 g/mol. The predicted octanol–water partition coefficient (Wildman–Crippen LogP) is 0.331. The molecule has 2 aliphatic rings. The molecule has 1 radical (unpaired) electrons. The number of amides is 3. The Bertz CT molecular complexity index is 306. The molecule has 2 saturated heterocycles. The molecule has 0 atom stereocenters. The quantitative estimate of drug-likeness (QED) is 0.687. The first kappa shape index (κ1) is 11.4. The molecular formula is C11H18N3O2. The van der Waals surface area contributed by atoms with E-state index in [0.29, 0.717) is 18.8 Å². The maximum Gasteiger partial charge on any atom is 0.345 e. The zero-order chi connectivity index (χ0) is 11.8. The van der Waals surface area contributed by atoms with E-state index in [0.717, 1.165) is 19.6 Å². The van der Waals surface area contributed by atoms with E-state index in [4.69, 9.17) is 0 Å². The highest BCUT2D eigenvalue weighted by atomic mass is 16.2. The minimum atomic E-state index is -0.676. The maximum absolute atomic E-state index is 11.6. The van der Waals surface area contributed by atoms with Crippen molar-refractivity contribution in [1.82, 2.24) is 15.5 Å². The van der Waals surface area contributed by atoms with Gasteiger partial charge in [0.2, 0.25) is 0 Å². The summed E-state index contributed by atoms with van der Waals surface area (Å²) in [6.07, 6.45) is 1.38. The predicted molar refractivity (Wildman–Crippen MR) is 58.9 cm³/mol. The van der Waals surface area contributed by atoms with E-state index >= 15 is 0 Å². The Hall–Kier alpha value is -1.10. The maximum atomic E-state index is 11.6. The van der Waals surface area contributed by atoms with Gasteiger partial charge >= 0.3 is 6.03 Å². The van der Waals surface area contributed by atoms with Crippen LogP contribution in [0.3, 0.4) is 0 Å². The lowest BCUT2D eigenvalue weighted by molar-refractivity contribution is -0.125. The van der Waals surface area contributed by atoms with Crippen LogP contribution in [-0.4, -0.2) is 42.0 Å². The largest absolute Gasteiger partial charge is 0.345 e. The highest BCUT2D eigenvalue weighted by Gasteiger charge is 2.49. The lowest BCUT2D eigenvalue weighted by Crippen LogP contribution is -2.54. The Kier molecular flexibility index (Phi) is 2.88. The molecule has 0 aromatic heterocycles. The van der Waals surface area contributed by atoms with Crippen LogP contribution in [0.5, 0.6) is 0 Å². The van der Waals surface area contributed by atoms with E-state index in [1.165, 1.54) is 0 Å². The summed E-state index contributed by atoms with van der Waals surface area (Å²) in [7, 11) is 0. The van der Waals surface area contributed by atoms with Crippen molar-refractivity contribution in [2.45, 2.75) is 32.2 Å². The van der Waals surface area contributed by atoms with E-state index in [-0.39, 0.29) is 5.91 Å². The van der Waals surface area contributed by atoms with E-state index < -0.39 is 11.6 Å². The van der Waals surface area contributed by atoms with Crippen molar-refractivity contribution in [3.63, 3.8) is 0 Å². The fourth-order valence-corrected chi connectivity index (χ4v) is 2.46. The van der Waals surface area contributed by atoms with Crippen molar-refractivity contribution in [3.05, 3.63) is 0 Å². The minimum absolute atomic E-state index is 0.276. The van der Waals surface area contributed by atoms with Crippen LogP contribution in [0.4, 0.5) is 4.79 Å². The first-order chi connectivity index (χ1) is 7.52. The lowest BCUT2D eigenvalue weighted by Gasteiger charge is -2.37. The Labute approximate surface area is 95.6 Å². The molecule has 2 fully saturated rings. The third-order valence-electron chi connectivity index (χ3n) is 3.29. The fraction of sp³-hybridized carbons (Fsp3) is 0.818. The number of rotatable bonds is 2. The molecule has 0 unspecified atom stereocenters. The Morgan fingerprint density at radius 3 is 2.44 bits per heavy atom. The number of piperidine rings is 1. The van der Waals surface area contributed by atoms with Crippen LogP contribution in [-0.2, 0) is 4.79 Å². The van der Waals surface area contributed by atoms with Crippen molar-refractivity contribution in [1.29, 1.82) is 0 Å². The summed E-state index contributed by atoms with van der Waals surface area (Å²) in [6.45, 7) is 7.14. The standard InChI is InChI=1S/C11H18N3O2/c1-8(2)7-14-5-3-11(4-6-14)9(15)12-10(16)13-11/h8H,3-7H2,1-2H3,(H,13,16). The van der Waals surface area contributed by atoms with Gasteiger partial charge in [-0.2, -0.15) is 5.32 Å². The molecule has 2 aliphatic heterocycles. The van der Waals surface area contributed by atoms with E-state index in [2.05, 4.69) is 29.4 Å². The first-order valence-corrected chi connectivity index (χ1v) is 5.82. The molecule has 0 aromatic carbocycles. The fourth-order valence-electron chi connectivity index (χ4n) is 2.46. The van der Waals surface area contributed by atoms with Gasteiger partial charge in [-0.1, -0.05) is 13.8 Å². The molecule has 0 aromatic rings. The molecular weight excluding hydrogens is 206 g/mol. The molecule has 0 saturated carbocycles. The summed E-state index contributed by atoms with van der Waals surface area (Å²) in [4.78, 5) is 25.0. The first-order valence-electron chi connectivity index (χ1n) is 5.82. The van der Waals surface area contributed by atoms with Gasteiger partial charge in [-0.3, -0.25) is 4.79 Å². The van der Waals surface area contributed by atoms with Gasteiger partial charge in [-0.05, 0) is 18.8 Å². The lowest BCUT2D eigenvalue weighted by atomic mass is 9.87. The molecule has 3 amide bonds. The number of imide groups is 1. The zero-order valence-corrected chi connectivity index (χ0v) is 9.82. The van der Waals surface area contributed by atoms with Crippen molar-refractivity contribution in [2.75, 3.05) is 19.6 Å². The van der Waals surface area contributed by atoms with Crippen LogP contribution in [0.15, 0.2) is 0 Å². The van der Waals surface area contributed by atoms with Crippen molar-refractivity contribution in [2.24, 2.45) is 5.92 Å². The van der Waals surface area contributed by atoms with Crippen LogP contribution in [0, 0.1) is 5.92 Å². The number of nitrogens with zero attached hydrogens (tertiary/aromatic N) is 2. The number of carbonyl (C=O) groups is 2. The smallest absolute Gasteiger partial charge is 0.321 e. The molecule has 2 heterocycles. The minimum Gasteiger partial charge on any atom is -0.321 e. The summed E-state index contributed by atoms with van der Waals surface area (Å²) in [5, 5.41) is 6.16. The van der Waals surface area contributed by atoms with Crippen LogP contribution < -0.4 is 10.6 Å². The van der Waals surface area contributed by atoms with Gasteiger partial charge in [0.15, 0.2) is 0 Å². The molecule has 2 rings (SSSR count). The van der Waals surface area contributed by atoms with Gasteiger partial charge in [-0.25, -0.2) is 4.79 Å². The van der Waals surface area contributed by atoms with Crippen molar-refractivity contribution >= 4 is 11.9 Å². The number of hydrogen-bond acceptors (Lipinski definition) is 3. The summed E-state index contributed by atoms with van der Waals surface area (Å²) >= 11 is 0. The van der Waals surface area contributed by atoms with Crippen LogP contribution in [0.25, 0.3) is 0 Å². The summed E-state index contributed by atoms with van der Waals surface area (Å²) in [6, 6.07) is -0.470. The molecule has 0 aliphatic carbocycles. The van der Waals surface area contributed by atoms with Crippen LogP contribution in [0.1, 0.15) is 26.7 Å². The highest BCUT2D eigenvalue weighted by molar-refractivity contribution is 6.06. The van der Waals surface area contributed by atoms with Crippen molar-refractivity contribution < 1.29 is 9.59 Å². The van der Waals surface area contributed by atoms with E-state index in [1.807, 2.05) is 0 Å². The monoisotopic (exact) mass is 224 g/mol. The molecule has 16 heavy (non-hydrogen) atoms. The number of likely N-dealkylation sites (tertiary alicyclic amines) is 1. The van der Waals surface area contributed by atoms with Gasteiger partial charge in [0, 0.05) is 19.6 Å². The second-order valence-electron chi connectivity index (χ2n) is 5.12. The van der Waals surface area contributed by atoms with Gasteiger partial charge in [-0.15, -0.1) is 0 Å². The number of carbonyl (C=O) groups excluding carboxylic acids is 2. The topological polar surface area (TPSA) is 63.5 Å². The highest BCUT2D eigenvalue weighted by Crippen LogP contribution is 2.26. The second-order valence-corrected chi connectivity index (χ2v) is 5.12. The third-order valence-corrected chi connectivity index (χ3v) is 3.29. The molecule has 89 valence electrons. The van der Waals surface area contributed by atoms with Crippen LogP contribution >= 0.6 is 0 Å². The Balaban J connectivity index is 1.94. The Morgan fingerprint density at radius 2 is 2.00 bits per heavy atom. The van der Waals surface area contributed by atoms with Gasteiger partial charge in [0.05, 0.1) is 0 Å². The molecule has 1 spiro atoms. The van der Waals surface area contributed by atoms with Gasteiger partial charge in [0.25, 0.3) is 5.91 Å². The number of hydrogen-bond donors (Lipinski definition) is 1. The summed E-state index contributed by atoms with van der Waals surface area (Å²) in [5.41, 5.74) is -0.676. The summed E-state index contributed by atoms with van der Waals surface area (Å²) in [5.74, 6) is 0.356.